The van der Waals surface area contributed by atoms with Crippen LogP contribution in [0.2, 0.25) is 0 Å². The molecule has 0 unspecified atom stereocenters. The highest BCUT2D eigenvalue weighted by atomic mass is 16.5. The molecule has 4 nitrogen and oxygen atoms in total. The van der Waals surface area contributed by atoms with Crippen LogP contribution in [0.5, 0.6) is 0 Å². The highest BCUT2D eigenvalue weighted by molar-refractivity contribution is 5.77. The molecule has 0 saturated carbocycles. The minimum atomic E-state index is 0.793. The summed E-state index contributed by atoms with van der Waals surface area (Å²) >= 11 is 0. The van der Waals surface area contributed by atoms with Crippen LogP contribution in [0.4, 0.5) is 0 Å². The molecule has 0 saturated heterocycles. The Morgan fingerprint density at radius 1 is 0.667 bits per heavy atom. The van der Waals surface area contributed by atoms with Gasteiger partial charge in [0.15, 0.2) is 11.8 Å². The van der Waals surface area contributed by atoms with E-state index in [1.54, 1.807) is 0 Å². The van der Waals surface area contributed by atoms with Gasteiger partial charge in [0.05, 0.1) is 13.1 Å². The number of rotatable bonds is 9. The summed E-state index contributed by atoms with van der Waals surface area (Å²) in [6, 6.07) is 0. The standard InChI is InChI=1S/C14H24N2O2/c1(3-5-7-13-15-9-11-17-13)2-4-6-8-14-16-10-12-18-14/h1-12H2. The summed E-state index contributed by atoms with van der Waals surface area (Å²) in [4.78, 5) is 8.59. The van der Waals surface area contributed by atoms with Crippen molar-refractivity contribution in [3.63, 3.8) is 0 Å². The Hall–Kier alpha value is -1.06. The summed E-state index contributed by atoms with van der Waals surface area (Å²) in [7, 11) is 0. The van der Waals surface area contributed by atoms with Gasteiger partial charge in [0.2, 0.25) is 0 Å². The molecule has 2 aliphatic heterocycles. The fourth-order valence-corrected chi connectivity index (χ4v) is 2.32. The first-order chi connectivity index (χ1) is 8.95. The van der Waals surface area contributed by atoms with Crippen molar-refractivity contribution in [1.29, 1.82) is 0 Å². The number of aliphatic imine (C=N–C) groups is 2. The van der Waals surface area contributed by atoms with E-state index in [0.29, 0.717) is 0 Å². The molecule has 0 aliphatic carbocycles. The first-order valence-electron chi connectivity index (χ1n) is 7.27. The van der Waals surface area contributed by atoms with E-state index >= 15 is 0 Å². The molecule has 0 aromatic rings. The summed E-state index contributed by atoms with van der Waals surface area (Å²) in [5, 5.41) is 0. The molecule has 2 heterocycles. The first kappa shape index (κ1) is 13.4. The molecular weight excluding hydrogens is 228 g/mol. The van der Waals surface area contributed by atoms with Crippen molar-refractivity contribution >= 4 is 11.8 Å². The van der Waals surface area contributed by atoms with Crippen LogP contribution in [0, 0.1) is 0 Å². The normalized spacial score (nSPS) is 18.2. The second-order valence-corrected chi connectivity index (χ2v) is 4.87. The summed E-state index contributed by atoms with van der Waals surface area (Å²) in [6.45, 7) is 3.31. The van der Waals surface area contributed by atoms with E-state index in [1.807, 2.05) is 0 Å². The molecule has 4 heteroatoms. The van der Waals surface area contributed by atoms with Crippen LogP contribution < -0.4 is 0 Å². The molecule has 0 bridgehead atoms. The van der Waals surface area contributed by atoms with Crippen LogP contribution >= 0.6 is 0 Å². The van der Waals surface area contributed by atoms with Gasteiger partial charge in [-0.3, -0.25) is 9.98 Å². The smallest absolute Gasteiger partial charge is 0.183 e. The highest BCUT2D eigenvalue weighted by Crippen LogP contribution is 2.12. The van der Waals surface area contributed by atoms with Crippen molar-refractivity contribution in [3.05, 3.63) is 0 Å². The maximum absolute atomic E-state index is 5.38. The summed E-state index contributed by atoms with van der Waals surface area (Å²) < 4.78 is 10.8. The van der Waals surface area contributed by atoms with E-state index in [2.05, 4.69) is 9.98 Å². The molecule has 0 amide bonds. The quantitative estimate of drug-likeness (QED) is 0.592. The van der Waals surface area contributed by atoms with Gasteiger partial charge in [-0.15, -0.1) is 0 Å². The minimum absolute atomic E-state index is 0.793. The lowest BCUT2D eigenvalue weighted by atomic mass is 10.1. The molecule has 0 radical (unpaired) electrons. The second kappa shape index (κ2) is 8.11. The summed E-state index contributed by atoms with van der Waals surface area (Å²) in [5.41, 5.74) is 0. The molecule has 2 rings (SSSR count). The third-order valence-electron chi connectivity index (χ3n) is 3.33. The average molecular weight is 252 g/mol. The number of ether oxygens (including phenoxy) is 2. The third-order valence-corrected chi connectivity index (χ3v) is 3.33. The number of unbranched alkanes of at least 4 members (excludes halogenated alkanes) is 5. The number of hydrogen-bond acceptors (Lipinski definition) is 4. The Morgan fingerprint density at radius 2 is 1.11 bits per heavy atom. The van der Waals surface area contributed by atoms with E-state index in [0.717, 1.165) is 50.9 Å². The molecule has 0 fully saturated rings. The molecule has 0 N–H and O–H groups in total. The third kappa shape index (κ3) is 5.07. The lowest BCUT2D eigenvalue weighted by Gasteiger charge is -2.03. The van der Waals surface area contributed by atoms with Gasteiger partial charge in [0.25, 0.3) is 0 Å². The van der Waals surface area contributed by atoms with Gasteiger partial charge < -0.3 is 9.47 Å². The fraction of sp³-hybridized carbons (Fsp3) is 0.857. The number of hydrogen-bond donors (Lipinski definition) is 0. The predicted octanol–water partition coefficient (Wildman–Crippen LogP) is 2.96. The van der Waals surface area contributed by atoms with Crippen LogP contribution in [0.15, 0.2) is 9.98 Å². The molecule has 0 aromatic carbocycles. The van der Waals surface area contributed by atoms with Gasteiger partial charge >= 0.3 is 0 Å². The van der Waals surface area contributed by atoms with Crippen LogP contribution in [-0.4, -0.2) is 38.1 Å². The predicted molar refractivity (Wildman–Crippen MR) is 73.4 cm³/mol. The Labute approximate surface area is 109 Å². The van der Waals surface area contributed by atoms with Crippen molar-refractivity contribution in [1.82, 2.24) is 0 Å². The van der Waals surface area contributed by atoms with E-state index in [1.165, 1.54) is 38.5 Å². The van der Waals surface area contributed by atoms with E-state index in [4.69, 9.17) is 9.47 Å². The maximum atomic E-state index is 5.38. The van der Waals surface area contributed by atoms with E-state index < -0.39 is 0 Å². The zero-order valence-electron chi connectivity index (χ0n) is 11.2. The number of nitrogens with zero attached hydrogens (tertiary/aromatic N) is 2. The van der Waals surface area contributed by atoms with Crippen molar-refractivity contribution in [2.45, 2.75) is 51.4 Å². The molecular formula is C14H24N2O2. The monoisotopic (exact) mass is 252 g/mol. The molecule has 0 aromatic heterocycles. The molecule has 2 aliphatic rings. The van der Waals surface area contributed by atoms with Crippen molar-refractivity contribution in [2.24, 2.45) is 9.98 Å². The van der Waals surface area contributed by atoms with Crippen molar-refractivity contribution in [3.8, 4) is 0 Å². The van der Waals surface area contributed by atoms with E-state index in [-0.39, 0.29) is 0 Å². The van der Waals surface area contributed by atoms with Crippen LogP contribution in [-0.2, 0) is 9.47 Å². The van der Waals surface area contributed by atoms with Crippen LogP contribution in [0.25, 0.3) is 0 Å². The van der Waals surface area contributed by atoms with Crippen molar-refractivity contribution in [2.75, 3.05) is 26.3 Å². The lowest BCUT2D eigenvalue weighted by molar-refractivity contribution is 0.335. The van der Waals surface area contributed by atoms with Gasteiger partial charge in [0, 0.05) is 12.8 Å². The van der Waals surface area contributed by atoms with Gasteiger partial charge in [-0.25, -0.2) is 0 Å². The fourth-order valence-electron chi connectivity index (χ4n) is 2.32. The molecule has 102 valence electrons. The lowest BCUT2D eigenvalue weighted by Crippen LogP contribution is -1.99. The Bertz CT molecular complexity index is 270. The van der Waals surface area contributed by atoms with Crippen LogP contribution in [0.3, 0.4) is 0 Å². The Balaban J connectivity index is 1.35. The van der Waals surface area contributed by atoms with Gasteiger partial charge in [-0.05, 0) is 12.8 Å². The minimum Gasteiger partial charge on any atom is -0.479 e. The summed E-state index contributed by atoms with van der Waals surface area (Å²) in [6.07, 6.45) is 9.72. The first-order valence-corrected chi connectivity index (χ1v) is 7.27. The molecule has 0 atom stereocenters. The largest absolute Gasteiger partial charge is 0.479 e. The topological polar surface area (TPSA) is 43.2 Å². The van der Waals surface area contributed by atoms with Crippen molar-refractivity contribution < 1.29 is 9.47 Å². The van der Waals surface area contributed by atoms with Gasteiger partial charge in [-0.1, -0.05) is 25.7 Å². The highest BCUT2D eigenvalue weighted by Gasteiger charge is 2.07. The average Bonchev–Trinajstić information content (AvgIpc) is 3.05. The Morgan fingerprint density at radius 3 is 1.50 bits per heavy atom. The van der Waals surface area contributed by atoms with Gasteiger partial charge in [0.1, 0.15) is 13.2 Å². The molecule has 0 spiro atoms. The Kier molecular flexibility index (Phi) is 6.03. The summed E-state index contributed by atoms with van der Waals surface area (Å²) in [5.74, 6) is 1.96. The molecule has 18 heavy (non-hydrogen) atoms. The van der Waals surface area contributed by atoms with Crippen LogP contribution in [0.1, 0.15) is 51.4 Å². The van der Waals surface area contributed by atoms with E-state index in [9.17, 15) is 0 Å². The zero-order chi connectivity index (χ0) is 12.5. The zero-order valence-corrected chi connectivity index (χ0v) is 11.2. The van der Waals surface area contributed by atoms with Gasteiger partial charge in [-0.2, -0.15) is 0 Å². The SMILES string of the molecule is C(CCCCC1=NCCO1)CCCC1=NCCO1. The second-order valence-electron chi connectivity index (χ2n) is 4.87. The maximum Gasteiger partial charge on any atom is 0.183 e.